The molecule has 4 aromatic rings. The fourth-order valence-corrected chi connectivity index (χ4v) is 3.77. The van der Waals surface area contributed by atoms with Crippen molar-refractivity contribution in [2.24, 2.45) is 0 Å². The molecular weight excluding hydrogens is 360 g/mol. The van der Waals surface area contributed by atoms with Crippen LogP contribution >= 0.6 is 11.3 Å². The Morgan fingerprint density at radius 1 is 1.07 bits per heavy atom. The van der Waals surface area contributed by atoms with Gasteiger partial charge < -0.3 is 9.47 Å². The molecule has 0 bridgehead atoms. The lowest BCUT2D eigenvalue weighted by Gasteiger charge is -2.10. The predicted molar refractivity (Wildman–Crippen MR) is 105 cm³/mol. The Hall–Kier alpha value is -3.09. The van der Waals surface area contributed by atoms with Crippen LogP contribution in [0.3, 0.4) is 0 Å². The van der Waals surface area contributed by atoms with Crippen molar-refractivity contribution in [2.45, 2.75) is 6.61 Å². The van der Waals surface area contributed by atoms with E-state index in [1.807, 2.05) is 30.3 Å². The highest BCUT2D eigenvalue weighted by Gasteiger charge is 2.17. The summed E-state index contributed by atoms with van der Waals surface area (Å²) in [6.45, 7) is 0.291. The van der Waals surface area contributed by atoms with E-state index in [0.717, 1.165) is 27.6 Å². The van der Waals surface area contributed by atoms with Gasteiger partial charge in [0.2, 0.25) is 5.88 Å². The summed E-state index contributed by atoms with van der Waals surface area (Å²) < 4.78 is 11.3. The Morgan fingerprint density at radius 3 is 2.70 bits per heavy atom. The summed E-state index contributed by atoms with van der Waals surface area (Å²) in [6, 6.07) is 17.0. The van der Waals surface area contributed by atoms with Gasteiger partial charge in [-0.3, -0.25) is 4.79 Å². The highest BCUT2D eigenvalue weighted by Crippen LogP contribution is 2.39. The topological polar surface area (TPSA) is 61.3 Å². The third-order valence-electron chi connectivity index (χ3n) is 4.01. The number of thiophene rings is 1. The maximum Gasteiger partial charge on any atom is 0.232 e. The van der Waals surface area contributed by atoms with Crippen LogP contribution < -0.4 is 4.74 Å². The van der Waals surface area contributed by atoms with Crippen molar-refractivity contribution in [3.8, 4) is 22.8 Å². The summed E-state index contributed by atoms with van der Waals surface area (Å²) in [4.78, 5) is 21.0. The van der Waals surface area contributed by atoms with E-state index in [-0.39, 0.29) is 0 Å². The first kappa shape index (κ1) is 17.3. The molecule has 0 saturated carbocycles. The smallest absolute Gasteiger partial charge is 0.232 e. The molecule has 0 aliphatic heterocycles. The van der Waals surface area contributed by atoms with Crippen molar-refractivity contribution in [1.29, 1.82) is 0 Å². The molecule has 2 aromatic carbocycles. The summed E-state index contributed by atoms with van der Waals surface area (Å²) in [5.41, 5.74) is 2.63. The molecule has 134 valence electrons. The molecule has 2 aromatic heterocycles. The normalized spacial score (nSPS) is 10.9. The average molecular weight is 376 g/mol. The SMILES string of the molecule is COCc1nc(Oc2cccc(C=O)c2)c2c(-c3ccccc3)csc2n1. The zero-order valence-electron chi connectivity index (χ0n) is 14.6. The average Bonchev–Trinajstić information content (AvgIpc) is 3.13. The number of fused-ring (bicyclic) bond motifs is 1. The first-order chi connectivity index (χ1) is 13.3. The van der Waals surface area contributed by atoms with Gasteiger partial charge in [-0.2, -0.15) is 4.98 Å². The van der Waals surface area contributed by atoms with Crippen LogP contribution in [0.5, 0.6) is 11.6 Å². The fourth-order valence-electron chi connectivity index (χ4n) is 2.81. The molecule has 0 spiro atoms. The molecular formula is C21H16N2O3S. The van der Waals surface area contributed by atoms with Crippen LogP contribution in [0.25, 0.3) is 21.3 Å². The zero-order valence-corrected chi connectivity index (χ0v) is 15.4. The van der Waals surface area contributed by atoms with E-state index in [2.05, 4.69) is 15.3 Å². The summed E-state index contributed by atoms with van der Waals surface area (Å²) >= 11 is 1.54. The third-order valence-corrected chi connectivity index (χ3v) is 4.89. The first-order valence-electron chi connectivity index (χ1n) is 8.34. The lowest BCUT2D eigenvalue weighted by molar-refractivity contribution is 0.112. The van der Waals surface area contributed by atoms with Gasteiger partial charge in [0, 0.05) is 23.6 Å². The van der Waals surface area contributed by atoms with Gasteiger partial charge in [-0.1, -0.05) is 42.5 Å². The third kappa shape index (κ3) is 3.58. The molecule has 2 heterocycles. The number of nitrogens with zero attached hydrogens (tertiary/aromatic N) is 2. The molecule has 5 nitrogen and oxygen atoms in total. The number of carbonyl (C=O) groups is 1. The first-order valence-corrected chi connectivity index (χ1v) is 9.22. The molecule has 0 saturated heterocycles. The van der Waals surface area contributed by atoms with Crippen LogP contribution in [0, 0.1) is 0 Å². The second kappa shape index (κ2) is 7.65. The van der Waals surface area contributed by atoms with Gasteiger partial charge in [0.15, 0.2) is 5.82 Å². The van der Waals surface area contributed by atoms with Gasteiger partial charge in [-0.05, 0) is 17.7 Å². The fraction of sp³-hybridized carbons (Fsp3) is 0.0952. The van der Waals surface area contributed by atoms with E-state index in [1.165, 1.54) is 11.3 Å². The molecule has 0 N–H and O–H groups in total. The monoisotopic (exact) mass is 376 g/mol. The number of ether oxygens (including phenoxy) is 2. The standard InChI is InChI=1S/C21H16N2O3S/c1-25-12-18-22-20(26-16-9-5-6-14(10-16)11-24)19-17(13-27-21(19)23-18)15-7-3-2-4-8-15/h2-11,13H,12H2,1H3. The molecule has 4 rings (SSSR count). The molecule has 0 fully saturated rings. The van der Waals surface area contributed by atoms with Crippen molar-refractivity contribution in [2.75, 3.05) is 7.11 Å². The van der Waals surface area contributed by atoms with E-state index in [4.69, 9.17) is 9.47 Å². The van der Waals surface area contributed by atoms with Crippen molar-refractivity contribution < 1.29 is 14.3 Å². The van der Waals surface area contributed by atoms with Crippen molar-refractivity contribution in [3.05, 3.63) is 71.4 Å². The summed E-state index contributed by atoms with van der Waals surface area (Å²) in [6.07, 6.45) is 0.790. The number of aldehydes is 1. The Balaban J connectivity index is 1.87. The number of rotatable bonds is 6. The quantitative estimate of drug-likeness (QED) is 0.438. The highest BCUT2D eigenvalue weighted by atomic mass is 32.1. The Labute approximate surface area is 160 Å². The van der Waals surface area contributed by atoms with E-state index in [9.17, 15) is 4.79 Å². The molecule has 0 unspecified atom stereocenters. The van der Waals surface area contributed by atoms with Gasteiger partial charge in [0.05, 0.1) is 5.39 Å². The van der Waals surface area contributed by atoms with Crippen LogP contribution in [-0.4, -0.2) is 23.4 Å². The van der Waals surface area contributed by atoms with Crippen LogP contribution in [-0.2, 0) is 11.3 Å². The van der Waals surface area contributed by atoms with Gasteiger partial charge in [-0.15, -0.1) is 11.3 Å². The van der Waals surface area contributed by atoms with E-state index < -0.39 is 0 Å². The summed E-state index contributed by atoms with van der Waals surface area (Å²) in [5.74, 6) is 1.55. The van der Waals surface area contributed by atoms with Crippen LogP contribution in [0.1, 0.15) is 16.2 Å². The van der Waals surface area contributed by atoms with Gasteiger partial charge in [0.1, 0.15) is 23.5 Å². The molecule has 27 heavy (non-hydrogen) atoms. The van der Waals surface area contributed by atoms with Crippen molar-refractivity contribution in [3.63, 3.8) is 0 Å². The zero-order chi connectivity index (χ0) is 18.6. The Kier molecular flexibility index (Phi) is 4.91. The summed E-state index contributed by atoms with van der Waals surface area (Å²) in [7, 11) is 1.60. The molecule has 6 heteroatoms. The minimum Gasteiger partial charge on any atom is -0.438 e. The Morgan fingerprint density at radius 2 is 1.93 bits per heavy atom. The lowest BCUT2D eigenvalue weighted by Crippen LogP contribution is -2.00. The van der Waals surface area contributed by atoms with Crippen LogP contribution in [0.2, 0.25) is 0 Å². The molecule has 0 amide bonds. The predicted octanol–water partition coefficient (Wildman–Crippen LogP) is 5.11. The molecule has 0 atom stereocenters. The molecule has 0 aliphatic carbocycles. The number of hydrogen-bond donors (Lipinski definition) is 0. The minimum absolute atomic E-state index is 0.291. The van der Waals surface area contributed by atoms with Gasteiger partial charge in [0.25, 0.3) is 0 Å². The second-order valence-electron chi connectivity index (χ2n) is 5.87. The van der Waals surface area contributed by atoms with Crippen molar-refractivity contribution in [1.82, 2.24) is 9.97 Å². The van der Waals surface area contributed by atoms with Crippen LogP contribution in [0.4, 0.5) is 0 Å². The lowest BCUT2D eigenvalue weighted by atomic mass is 10.1. The molecule has 0 aliphatic rings. The minimum atomic E-state index is 0.291. The summed E-state index contributed by atoms with van der Waals surface area (Å²) in [5, 5.41) is 2.91. The maximum absolute atomic E-state index is 11.1. The largest absolute Gasteiger partial charge is 0.438 e. The maximum atomic E-state index is 11.1. The van der Waals surface area contributed by atoms with Gasteiger partial charge >= 0.3 is 0 Å². The number of carbonyl (C=O) groups excluding carboxylic acids is 1. The van der Waals surface area contributed by atoms with Crippen molar-refractivity contribution >= 4 is 27.8 Å². The number of benzene rings is 2. The van der Waals surface area contributed by atoms with E-state index in [1.54, 1.807) is 31.4 Å². The second-order valence-corrected chi connectivity index (χ2v) is 6.72. The van der Waals surface area contributed by atoms with Gasteiger partial charge in [-0.25, -0.2) is 4.98 Å². The van der Waals surface area contributed by atoms with E-state index in [0.29, 0.717) is 29.6 Å². The van der Waals surface area contributed by atoms with Crippen LogP contribution in [0.15, 0.2) is 60.0 Å². The molecule has 0 radical (unpaired) electrons. The number of hydrogen-bond acceptors (Lipinski definition) is 6. The highest BCUT2D eigenvalue weighted by molar-refractivity contribution is 7.17. The number of methoxy groups -OCH3 is 1. The Bertz CT molecular complexity index is 1090. The number of aromatic nitrogens is 2. The van der Waals surface area contributed by atoms with E-state index >= 15 is 0 Å².